The van der Waals surface area contributed by atoms with Gasteiger partial charge in [0.1, 0.15) is 5.60 Å². The lowest BCUT2D eigenvalue weighted by atomic mass is 10.1. The molecule has 0 saturated carbocycles. The number of likely N-dealkylation sites (tertiary alicyclic amines) is 1. The highest BCUT2D eigenvalue weighted by Crippen LogP contribution is 2.24. The molecule has 156 valence electrons. The van der Waals surface area contributed by atoms with E-state index in [4.69, 9.17) is 4.74 Å². The van der Waals surface area contributed by atoms with Gasteiger partial charge in [-0.2, -0.15) is 0 Å². The number of rotatable bonds is 4. The highest BCUT2D eigenvalue weighted by Gasteiger charge is 2.29. The quantitative estimate of drug-likeness (QED) is 0.665. The van der Waals surface area contributed by atoms with Crippen molar-refractivity contribution in [2.75, 3.05) is 25.0 Å². The van der Waals surface area contributed by atoms with Crippen LogP contribution >= 0.6 is 0 Å². The highest BCUT2D eigenvalue weighted by atomic mass is 16.6. The molecule has 1 aliphatic rings. The number of benzene rings is 2. The molecular weight excluding hydrogens is 376 g/mol. The van der Waals surface area contributed by atoms with Gasteiger partial charge in [0.2, 0.25) is 5.95 Å². The van der Waals surface area contributed by atoms with Gasteiger partial charge in [-0.1, -0.05) is 36.4 Å². The third kappa shape index (κ3) is 4.87. The van der Waals surface area contributed by atoms with Crippen LogP contribution in [-0.2, 0) is 4.74 Å². The zero-order valence-electron chi connectivity index (χ0n) is 17.8. The van der Waals surface area contributed by atoms with Crippen molar-refractivity contribution >= 4 is 22.8 Å². The minimum absolute atomic E-state index is 0.237. The Kier molecular flexibility index (Phi) is 5.57. The molecule has 6 heteroatoms. The second-order valence-corrected chi connectivity index (χ2v) is 8.79. The Bertz CT molecular complexity index is 1040. The molecule has 0 aliphatic carbocycles. The molecule has 0 unspecified atom stereocenters. The molecule has 0 bridgehead atoms. The molecule has 1 N–H and O–H groups in total. The number of carbonyl (C=O) groups is 1. The Morgan fingerprint density at radius 2 is 1.97 bits per heavy atom. The van der Waals surface area contributed by atoms with Crippen LogP contribution in [0.15, 0.2) is 54.7 Å². The van der Waals surface area contributed by atoms with Crippen LogP contribution in [0, 0.1) is 5.92 Å². The van der Waals surface area contributed by atoms with Gasteiger partial charge in [-0.3, -0.25) is 0 Å². The average molecular weight is 405 g/mol. The second-order valence-electron chi connectivity index (χ2n) is 8.79. The Morgan fingerprint density at radius 3 is 2.77 bits per heavy atom. The fraction of sp³-hybridized carbons (Fsp3) is 0.375. The van der Waals surface area contributed by atoms with E-state index in [1.807, 2.05) is 39.0 Å². The Balaban J connectivity index is 1.37. The Hall–Kier alpha value is -3.15. The first-order valence-electron chi connectivity index (χ1n) is 10.4. The van der Waals surface area contributed by atoms with Crippen LogP contribution in [0.5, 0.6) is 0 Å². The molecule has 2 heterocycles. The van der Waals surface area contributed by atoms with E-state index in [1.54, 1.807) is 11.1 Å². The summed E-state index contributed by atoms with van der Waals surface area (Å²) in [6.45, 7) is 7.80. The van der Waals surface area contributed by atoms with Gasteiger partial charge in [-0.15, -0.1) is 0 Å². The lowest BCUT2D eigenvalue weighted by molar-refractivity contribution is 0.0289. The smallest absolute Gasteiger partial charge is 0.410 e. The lowest BCUT2D eigenvalue weighted by Gasteiger charge is -2.24. The summed E-state index contributed by atoms with van der Waals surface area (Å²) in [5.74, 6) is 0.960. The van der Waals surface area contributed by atoms with Crippen LogP contribution in [0.2, 0.25) is 0 Å². The fourth-order valence-corrected chi connectivity index (χ4v) is 3.68. The van der Waals surface area contributed by atoms with Crippen molar-refractivity contribution in [1.82, 2.24) is 14.9 Å². The second kappa shape index (κ2) is 8.30. The lowest BCUT2D eigenvalue weighted by Crippen LogP contribution is -2.35. The van der Waals surface area contributed by atoms with Crippen molar-refractivity contribution in [3.63, 3.8) is 0 Å². The third-order valence-electron chi connectivity index (χ3n) is 5.19. The first kappa shape index (κ1) is 20.1. The summed E-state index contributed by atoms with van der Waals surface area (Å²) in [6.07, 6.45) is 2.48. The predicted molar refractivity (Wildman–Crippen MR) is 119 cm³/mol. The molecule has 1 aliphatic heterocycles. The monoisotopic (exact) mass is 404 g/mol. The van der Waals surface area contributed by atoms with E-state index in [-0.39, 0.29) is 6.09 Å². The highest BCUT2D eigenvalue weighted by molar-refractivity contribution is 5.86. The van der Waals surface area contributed by atoms with Crippen molar-refractivity contribution in [3.05, 3.63) is 54.7 Å². The normalized spacial score (nSPS) is 16.6. The number of anilines is 1. The number of amides is 1. The van der Waals surface area contributed by atoms with Crippen LogP contribution in [0.25, 0.3) is 22.0 Å². The van der Waals surface area contributed by atoms with Crippen molar-refractivity contribution < 1.29 is 9.53 Å². The summed E-state index contributed by atoms with van der Waals surface area (Å²) in [6, 6.07) is 16.6. The summed E-state index contributed by atoms with van der Waals surface area (Å²) in [4.78, 5) is 23.1. The van der Waals surface area contributed by atoms with Crippen LogP contribution in [0.4, 0.5) is 10.7 Å². The average Bonchev–Trinajstić information content (AvgIpc) is 3.20. The summed E-state index contributed by atoms with van der Waals surface area (Å²) < 4.78 is 5.47. The first-order chi connectivity index (χ1) is 14.4. The number of fused-ring (bicyclic) bond motifs is 1. The Labute approximate surface area is 177 Å². The summed E-state index contributed by atoms with van der Waals surface area (Å²) in [7, 11) is 0. The molecular formula is C24H28N4O2. The molecule has 1 fully saturated rings. The van der Waals surface area contributed by atoms with Gasteiger partial charge in [0.15, 0.2) is 0 Å². The summed E-state index contributed by atoms with van der Waals surface area (Å²) in [5, 5.41) is 5.74. The number of ether oxygens (including phenoxy) is 1. The topological polar surface area (TPSA) is 67.3 Å². The number of nitrogens with zero attached hydrogens (tertiary/aromatic N) is 3. The standard InChI is InChI=1S/C24H28N4O2/c1-24(2,3)30-23(29)28-13-11-17(16-28)15-26-22-25-12-10-21(27-22)20-9-8-18-6-4-5-7-19(18)14-20/h4-10,12,14,17H,11,13,15-16H2,1-3H3,(H,25,26,27)/t17-/m1/s1. The van der Waals surface area contributed by atoms with Gasteiger partial charge >= 0.3 is 6.09 Å². The molecule has 1 aromatic heterocycles. The largest absolute Gasteiger partial charge is 0.444 e. The van der Waals surface area contributed by atoms with E-state index >= 15 is 0 Å². The van der Waals surface area contributed by atoms with Crippen LogP contribution in [-0.4, -0.2) is 46.2 Å². The zero-order valence-corrected chi connectivity index (χ0v) is 17.8. The summed E-state index contributed by atoms with van der Waals surface area (Å²) in [5.41, 5.74) is 1.49. The number of aromatic nitrogens is 2. The fourth-order valence-electron chi connectivity index (χ4n) is 3.68. The molecule has 1 atom stereocenters. The molecule has 1 saturated heterocycles. The molecule has 1 amide bonds. The van der Waals surface area contributed by atoms with Gasteiger partial charge < -0.3 is 15.0 Å². The van der Waals surface area contributed by atoms with Crippen molar-refractivity contribution in [2.45, 2.75) is 32.8 Å². The molecule has 2 aromatic carbocycles. The number of hydrogen-bond donors (Lipinski definition) is 1. The maximum atomic E-state index is 12.2. The van der Waals surface area contributed by atoms with Gasteiger partial charge in [-0.25, -0.2) is 14.8 Å². The Morgan fingerprint density at radius 1 is 1.17 bits per heavy atom. The SMILES string of the molecule is CC(C)(C)OC(=O)N1CC[C@H](CNc2nccc(-c3ccc4ccccc4c3)n2)C1. The molecule has 4 rings (SSSR count). The first-order valence-corrected chi connectivity index (χ1v) is 10.4. The number of carbonyl (C=O) groups excluding carboxylic acids is 1. The van der Waals surface area contributed by atoms with E-state index in [2.05, 4.69) is 45.6 Å². The van der Waals surface area contributed by atoms with Gasteiger partial charge in [0.05, 0.1) is 5.69 Å². The van der Waals surface area contributed by atoms with E-state index < -0.39 is 5.60 Å². The molecule has 3 aromatic rings. The van der Waals surface area contributed by atoms with Crippen molar-refractivity contribution in [1.29, 1.82) is 0 Å². The molecule has 6 nitrogen and oxygen atoms in total. The van der Waals surface area contributed by atoms with Gasteiger partial charge in [0, 0.05) is 31.4 Å². The van der Waals surface area contributed by atoms with Gasteiger partial charge in [-0.05, 0) is 56.0 Å². The van der Waals surface area contributed by atoms with E-state index in [0.717, 1.165) is 30.8 Å². The van der Waals surface area contributed by atoms with Crippen molar-refractivity contribution in [3.8, 4) is 11.3 Å². The zero-order chi connectivity index (χ0) is 21.1. The van der Waals surface area contributed by atoms with Gasteiger partial charge in [0.25, 0.3) is 0 Å². The maximum Gasteiger partial charge on any atom is 0.410 e. The maximum absolute atomic E-state index is 12.2. The van der Waals surface area contributed by atoms with E-state index in [1.165, 1.54) is 10.8 Å². The minimum atomic E-state index is -0.468. The van der Waals surface area contributed by atoms with E-state index in [0.29, 0.717) is 18.4 Å². The minimum Gasteiger partial charge on any atom is -0.444 e. The van der Waals surface area contributed by atoms with Crippen LogP contribution in [0.3, 0.4) is 0 Å². The number of hydrogen-bond acceptors (Lipinski definition) is 5. The predicted octanol–water partition coefficient (Wildman–Crippen LogP) is 4.97. The molecule has 0 spiro atoms. The summed E-state index contributed by atoms with van der Waals surface area (Å²) >= 11 is 0. The molecule has 0 radical (unpaired) electrons. The van der Waals surface area contributed by atoms with Crippen LogP contribution < -0.4 is 5.32 Å². The van der Waals surface area contributed by atoms with E-state index in [9.17, 15) is 4.79 Å². The number of nitrogens with one attached hydrogen (secondary N) is 1. The molecule has 30 heavy (non-hydrogen) atoms. The third-order valence-corrected chi connectivity index (χ3v) is 5.19. The van der Waals surface area contributed by atoms with Crippen LogP contribution in [0.1, 0.15) is 27.2 Å². The van der Waals surface area contributed by atoms with Crippen molar-refractivity contribution in [2.24, 2.45) is 5.92 Å².